The minimum atomic E-state index is -0.611. The Hall–Kier alpha value is -1.49. The zero-order valence-electron chi connectivity index (χ0n) is 9.75. The van der Waals surface area contributed by atoms with E-state index in [4.69, 9.17) is 16.0 Å². The van der Waals surface area contributed by atoms with Gasteiger partial charge in [-0.15, -0.1) is 0 Å². The minimum absolute atomic E-state index is 0.0173. The van der Waals surface area contributed by atoms with Crippen LogP contribution in [0.5, 0.6) is 0 Å². The number of carbonyl (C=O) groups is 2. The van der Waals surface area contributed by atoms with Crippen LogP contribution in [0.3, 0.4) is 0 Å². The van der Waals surface area contributed by atoms with Crippen molar-refractivity contribution in [1.82, 2.24) is 10.6 Å². The molecular weight excluding hydrogens is 244 g/mol. The lowest BCUT2D eigenvalue weighted by atomic mass is 10.2. The van der Waals surface area contributed by atoms with Crippen molar-refractivity contribution in [2.45, 2.75) is 26.3 Å². The summed E-state index contributed by atoms with van der Waals surface area (Å²) in [6, 6.07) is 0.842. The van der Waals surface area contributed by atoms with E-state index in [1.807, 2.05) is 6.92 Å². The van der Waals surface area contributed by atoms with Gasteiger partial charge in [-0.2, -0.15) is 0 Å². The molecule has 0 aliphatic carbocycles. The van der Waals surface area contributed by atoms with Gasteiger partial charge in [-0.25, -0.2) is 0 Å². The number of carbonyl (C=O) groups excluding carboxylic acids is 2. The van der Waals surface area contributed by atoms with Gasteiger partial charge in [0.2, 0.25) is 11.1 Å². The van der Waals surface area contributed by atoms with Crippen LogP contribution in [0, 0.1) is 0 Å². The van der Waals surface area contributed by atoms with Crippen molar-refractivity contribution in [1.29, 1.82) is 0 Å². The lowest BCUT2D eigenvalue weighted by Gasteiger charge is -2.13. The molecule has 6 heteroatoms. The molecule has 0 radical (unpaired) electrons. The maximum atomic E-state index is 11.7. The lowest BCUT2D eigenvalue weighted by molar-refractivity contribution is -0.122. The molecule has 2 N–H and O–H groups in total. The molecule has 1 heterocycles. The van der Waals surface area contributed by atoms with Crippen LogP contribution in [0.15, 0.2) is 16.7 Å². The Morgan fingerprint density at radius 2 is 2.24 bits per heavy atom. The first-order valence-corrected chi connectivity index (χ1v) is 5.75. The molecule has 2 amide bonds. The van der Waals surface area contributed by atoms with Gasteiger partial charge in [0.1, 0.15) is 6.04 Å². The molecule has 1 atom stereocenters. The summed E-state index contributed by atoms with van der Waals surface area (Å²) in [4.78, 5) is 23.2. The Morgan fingerprint density at radius 3 is 2.76 bits per heavy atom. The second-order valence-electron chi connectivity index (χ2n) is 3.59. The fraction of sp³-hybridized carbons (Fsp3) is 0.455. The molecule has 17 heavy (non-hydrogen) atoms. The highest BCUT2D eigenvalue weighted by atomic mass is 35.5. The van der Waals surface area contributed by atoms with E-state index in [1.54, 1.807) is 6.92 Å². The molecule has 1 aromatic heterocycles. The van der Waals surface area contributed by atoms with Crippen molar-refractivity contribution in [2.75, 3.05) is 6.54 Å². The number of halogens is 1. The van der Waals surface area contributed by atoms with Gasteiger partial charge in [-0.3, -0.25) is 9.59 Å². The molecule has 0 saturated carbocycles. The van der Waals surface area contributed by atoms with Gasteiger partial charge >= 0.3 is 0 Å². The van der Waals surface area contributed by atoms with E-state index in [1.165, 1.54) is 12.3 Å². The van der Waals surface area contributed by atoms with E-state index < -0.39 is 11.9 Å². The average molecular weight is 259 g/mol. The molecule has 0 saturated heterocycles. The molecule has 1 unspecified atom stereocenters. The zero-order valence-corrected chi connectivity index (χ0v) is 10.5. The number of nitrogens with one attached hydrogen (secondary N) is 2. The largest absolute Gasteiger partial charge is 0.452 e. The topological polar surface area (TPSA) is 71.3 Å². The standard InChI is InChI=1S/C11H15ClN2O3/c1-3-5-13-10(15)7(2)14-11(16)8-4-6-17-9(8)12/h4,6-7H,3,5H2,1-2H3,(H,13,15)(H,14,16). The second-order valence-corrected chi connectivity index (χ2v) is 3.94. The van der Waals surface area contributed by atoms with Crippen LogP contribution >= 0.6 is 11.6 Å². The van der Waals surface area contributed by atoms with E-state index in [2.05, 4.69) is 10.6 Å². The highest BCUT2D eigenvalue weighted by Gasteiger charge is 2.18. The molecule has 94 valence electrons. The van der Waals surface area contributed by atoms with Crippen molar-refractivity contribution in [3.8, 4) is 0 Å². The fourth-order valence-corrected chi connectivity index (χ4v) is 1.40. The summed E-state index contributed by atoms with van der Waals surface area (Å²) in [7, 11) is 0. The monoisotopic (exact) mass is 258 g/mol. The Bertz CT molecular complexity index is 403. The van der Waals surface area contributed by atoms with Gasteiger partial charge in [-0.05, 0) is 31.0 Å². The van der Waals surface area contributed by atoms with Crippen molar-refractivity contribution in [3.63, 3.8) is 0 Å². The molecule has 5 nitrogen and oxygen atoms in total. The van der Waals surface area contributed by atoms with Crippen LogP contribution in [0.2, 0.25) is 5.22 Å². The molecule has 0 aliphatic heterocycles. The number of amides is 2. The first-order chi connectivity index (χ1) is 8.06. The molecule has 0 fully saturated rings. The van der Waals surface area contributed by atoms with Crippen molar-refractivity contribution >= 4 is 23.4 Å². The minimum Gasteiger partial charge on any atom is -0.452 e. The van der Waals surface area contributed by atoms with Crippen LogP contribution in [-0.2, 0) is 4.79 Å². The van der Waals surface area contributed by atoms with Gasteiger partial charge in [0.25, 0.3) is 5.91 Å². The highest BCUT2D eigenvalue weighted by Crippen LogP contribution is 2.16. The van der Waals surface area contributed by atoms with Crippen molar-refractivity contribution in [3.05, 3.63) is 23.1 Å². The van der Waals surface area contributed by atoms with E-state index in [-0.39, 0.29) is 16.7 Å². The van der Waals surface area contributed by atoms with Crippen molar-refractivity contribution < 1.29 is 14.0 Å². The first-order valence-electron chi connectivity index (χ1n) is 5.37. The zero-order chi connectivity index (χ0) is 12.8. The van der Waals surface area contributed by atoms with E-state index >= 15 is 0 Å². The average Bonchev–Trinajstić information content (AvgIpc) is 2.72. The number of furan rings is 1. The highest BCUT2D eigenvalue weighted by molar-refractivity contribution is 6.32. The van der Waals surface area contributed by atoms with Gasteiger partial charge in [0, 0.05) is 6.54 Å². The van der Waals surface area contributed by atoms with Crippen LogP contribution in [0.25, 0.3) is 0 Å². The Kier molecular flexibility index (Phi) is 5.03. The predicted molar refractivity (Wildman–Crippen MR) is 63.9 cm³/mol. The van der Waals surface area contributed by atoms with Gasteiger partial charge < -0.3 is 15.1 Å². The third-order valence-corrected chi connectivity index (χ3v) is 2.45. The molecule has 0 aliphatic rings. The maximum Gasteiger partial charge on any atom is 0.256 e. The molecule has 0 spiro atoms. The predicted octanol–water partition coefficient (Wildman–Crippen LogP) is 1.58. The fourth-order valence-electron chi connectivity index (χ4n) is 1.20. The third kappa shape index (κ3) is 3.78. The summed E-state index contributed by atoms with van der Waals surface area (Å²) in [5, 5.41) is 5.24. The van der Waals surface area contributed by atoms with Crippen LogP contribution < -0.4 is 10.6 Å². The summed E-state index contributed by atoms with van der Waals surface area (Å²) >= 11 is 5.65. The SMILES string of the molecule is CCCNC(=O)C(C)NC(=O)c1ccoc1Cl. The number of hydrogen-bond acceptors (Lipinski definition) is 3. The van der Waals surface area contributed by atoms with Gasteiger partial charge in [-0.1, -0.05) is 6.92 Å². The quantitative estimate of drug-likeness (QED) is 0.842. The molecule has 0 bridgehead atoms. The summed E-state index contributed by atoms with van der Waals surface area (Å²) < 4.78 is 4.80. The lowest BCUT2D eigenvalue weighted by Crippen LogP contribution is -2.44. The van der Waals surface area contributed by atoms with Crippen molar-refractivity contribution in [2.24, 2.45) is 0 Å². The van der Waals surface area contributed by atoms with Crippen LogP contribution in [-0.4, -0.2) is 24.4 Å². The molecule has 1 rings (SSSR count). The normalized spacial score (nSPS) is 11.9. The number of rotatable bonds is 5. The molecule has 1 aromatic rings. The van der Waals surface area contributed by atoms with Gasteiger partial charge in [0.15, 0.2) is 0 Å². The smallest absolute Gasteiger partial charge is 0.256 e. The summed E-state index contributed by atoms with van der Waals surface area (Å²) in [5.74, 6) is -0.650. The summed E-state index contributed by atoms with van der Waals surface area (Å²) in [6.45, 7) is 4.15. The van der Waals surface area contributed by atoms with E-state index in [0.717, 1.165) is 6.42 Å². The first kappa shape index (κ1) is 13.6. The Balaban J connectivity index is 2.51. The Labute approximate surface area is 105 Å². The summed E-state index contributed by atoms with van der Waals surface area (Å²) in [6.07, 6.45) is 2.17. The maximum absolute atomic E-state index is 11.7. The third-order valence-electron chi connectivity index (χ3n) is 2.15. The number of hydrogen-bond donors (Lipinski definition) is 2. The molecular formula is C11H15ClN2O3. The summed E-state index contributed by atoms with van der Waals surface area (Å²) in [5.41, 5.74) is 0.224. The molecule has 0 aromatic carbocycles. The van der Waals surface area contributed by atoms with Crippen LogP contribution in [0.4, 0.5) is 0 Å². The van der Waals surface area contributed by atoms with Gasteiger partial charge in [0.05, 0.1) is 11.8 Å². The second kappa shape index (κ2) is 6.30. The van der Waals surface area contributed by atoms with E-state index in [9.17, 15) is 9.59 Å². The van der Waals surface area contributed by atoms with Crippen LogP contribution in [0.1, 0.15) is 30.6 Å². The Morgan fingerprint density at radius 1 is 1.53 bits per heavy atom. The van der Waals surface area contributed by atoms with E-state index in [0.29, 0.717) is 6.54 Å².